The van der Waals surface area contributed by atoms with Crippen LogP contribution in [0.1, 0.15) is 60.0 Å². The van der Waals surface area contributed by atoms with Crippen molar-refractivity contribution in [2.45, 2.75) is 64.1 Å². The van der Waals surface area contributed by atoms with Gasteiger partial charge in [-0.15, -0.1) is 0 Å². The number of hydrogen-bond acceptors (Lipinski definition) is 6. The first-order valence-corrected chi connectivity index (χ1v) is 13.6. The van der Waals surface area contributed by atoms with Gasteiger partial charge >= 0.3 is 0 Å². The summed E-state index contributed by atoms with van der Waals surface area (Å²) in [5, 5.41) is 6.85. The molecule has 0 aliphatic carbocycles. The predicted octanol–water partition coefficient (Wildman–Crippen LogP) is 4.06. The van der Waals surface area contributed by atoms with Crippen LogP contribution in [0.3, 0.4) is 0 Å². The smallest absolute Gasteiger partial charge is 0.255 e. The first-order chi connectivity index (χ1) is 19.0. The number of carbonyl (C=O) groups is 3. The molecule has 0 bridgehead atoms. The zero-order valence-corrected chi connectivity index (χ0v) is 21.7. The molecule has 9 nitrogen and oxygen atoms in total. The summed E-state index contributed by atoms with van der Waals surface area (Å²) in [5.74, 6) is -0.769. The zero-order valence-electron chi connectivity index (χ0n) is 21.7. The summed E-state index contributed by atoms with van der Waals surface area (Å²) < 4.78 is 1.97. The molecule has 3 amide bonds. The summed E-state index contributed by atoms with van der Waals surface area (Å²) in [4.78, 5) is 47.4. The minimum Gasteiger partial charge on any atom is -0.322 e. The molecule has 2 aromatic carbocycles. The molecule has 1 atom stereocenters. The Morgan fingerprint density at radius 3 is 2.67 bits per heavy atom. The second-order valence-corrected chi connectivity index (χ2v) is 10.3. The van der Waals surface area contributed by atoms with Crippen molar-refractivity contribution in [1.82, 2.24) is 30.0 Å². The third-order valence-corrected chi connectivity index (χ3v) is 7.57. The van der Waals surface area contributed by atoms with Crippen molar-refractivity contribution >= 4 is 28.8 Å². The van der Waals surface area contributed by atoms with Crippen molar-refractivity contribution in [2.24, 2.45) is 0 Å². The molecule has 1 unspecified atom stereocenters. The molecular formula is C30H30N6O3. The van der Waals surface area contributed by atoms with E-state index >= 15 is 0 Å². The third kappa shape index (κ3) is 5.30. The maximum atomic E-state index is 12.9. The number of piperidine rings is 1. The number of unbranched alkanes of at least 4 members (excludes halogenated alkanes) is 3. The van der Waals surface area contributed by atoms with Crippen molar-refractivity contribution in [1.29, 1.82) is 0 Å². The number of aromatic nitrogens is 4. The Kier molecular flexibility index (Phi) is 6.87. The van der Waals surface area contributed by atoms with E-state index in [1.54, 1.807) is 11.1 Å². The normalized spacial score (nSPS) is 17.1. The van der Waals surface area contributed by atoms with Gasteiger partial charge in [-0.05, 0) is 55.0 Å². The van der Waals surface area contributed by atoms with Gasteiger partial charge < -0.3 is 4.90 Å². The van der Waals surface area contributed by atoms with Crippen molar-refractivity contribution < 1.29 is 14.4 Å². The van der Waals surface area contributed by atoms with E-state index in [-0.39, 0.29) is 24.1 Å². The number of benzene rings is 2. The van der Waals surface area contributed by atoms with Crippen molar-refractivity contribution in [3.63, 3.8) is 0 Å². The lowest BCUT2D eigenvalue weighted by Crippen LogP contribution is -2.52. The Bertz CT molecular complexity index is 1560. The number of amides is 3. The fraction of sp³-hybridized carbons (Fsp3) is 0.333. The fourth-order valence-corrected chi connectivity index (χ4v) is 5.45. The van der Waals surface area contributed by atoms with Gasteiger partial charge in [-0.25, -0.2) is 4.98 Å². The number of para-hydroxylation sites is 2. The van der Waals surface area contributed by atoms with Crippen molar-refractivity contribution in [3.05, 3.63) is 77.7 Å². The number of hydrogen-bond donors (Lipinski definition) is 1. The molecule has 2 aliphatic heterocycles. The standard InChI is InChI=1S/C30H30N6O3/c37-28-13-12-27(29(38)34-28)36-19-21-15-20(10-11-23(21)30(36)39)7-3-1-2-6-14-35-18-22(16-32-35)26-17-31-24-8-4-5-9-25(24)33-26/h4-5,8-11,15-18,27H,1-3,6-7,12-14,19H2,(H,34,37,38). The van der Waals surface area contributed by atoms with Gasteiger partial charge in [-0.3, -0.25) is 29.4 Å². The average molecular weight is 523 g/mol. The maximum absolute atomic E-state index is 12.9. The van der Waals surface area contributed by atoms with Crippen LogP contribution >= 0.6 is 0 Å². The van der Waals surface area contributed by atoms with Crippen LogP contribution in [-0.2, 0) is 29.1 Å². The van der Waals surface area contributed by atoms with E-state index in [1.807, 2.05) is 53.5 Å². The second-order valence-electron chi connectivity index (χ2n) is 10.3. The van der Waals surface area contributed by atoms with E-state index in [9.17, 15) is 14.4 Å². The first kappa shape index (κ1) is 24.9. The highest BCUT2D eigenvalue weighted by atomic mass is 16.2. The van der Waals surface area contributed by atoms with Crippen LogP contribution in [0.2, 0.25) is 0 Å². The molecule has 1 saturated heterocycles. The first-order valence-electron chi connectivity index (χ1n) is 13.6. The molecule has 2 aliphatic rings. The Morgan fingerprint density at radius 1 is 0.949 bits per heavy atom. The van der Waals surface area contributed by atoms with Gasteiger partial charge in [0.25, 0.3) is 5.91 Å². The summed E-state index contributed by atoms with van der Waals surface area (Å²) in [6, 6.07) is 13.3. The molecule has 39 heavy (non-hydrogen) atoms. The summed E-state index contributed by atoms with van der Waals surface area (Å²) in [7, 11) is 0. The molecule has 4 aromatic rings. The number of rotatable bonds is 9. The zero-order chi connectivity index (χ0) is 26.8. The quantitative estimate of drug-likeness (QED) is 0.262. The van der Waals surface area contributed by atoms with Gasteiger partial charge in [0, 0.05) is 36.8 Å². The van der Waals surface area contributed by atoms with Gasteiger partial charge in [0.05, 0.1) is 29.1 Å². The number of fused-ring (bicyclic) bond motifs is 2. The largest absolute Gasteiger partial charge is 0.322 e. The van der Waals surface area contributed by atoms with Gasteiger partial charge in [-0.1, -0.05) is 37.1 Å². The predicted molar refractivity (Wildman–Crippen MR) is 145 cm³/mol. The van der Waals surface area contributed by atoms with Crippen molar-refractivity contribution in [2.75, 3.05) is 0 Å². The number of nitrogens with one attached hydrogen (secondary N) is 1. The molecule has 198 valence electrons. The van der Waals surface area contributed by atoms with E-state index < -0.39 is 6.04 Å². The molecule has 1 fully saturated rings. The summed E-state index contributed by atoms with van der Waals surface area (Å²) in [5.41, 5.74) is 6.40. The average Bonchev–Trinajstić information content (AvgIpc) is 3.55. The highest BCUT2D eigenvalue weighted by Crippen LogP contribution is 2.28. The lowest BCUT2D eigenvalue weighted by molar-refractivity contribution is -0.136. The summed E-state index contributed by atoms with van der Waals surface area (Å²) in [6.07, 6.45) is 11.6. The number of carbonyl (C=O) groups excluding carboxylic acids is 3. The minimum atomic E-state index is -0.572. The third-order valence-electron chi connectivity index (χ3n) is 7.57. The summed E-state index contributed by atoms with van der Waals surface area (Å²) in [6.45, 7) is 1.28. The highest BCUT2D eigenvalue weighted by molar-refractivity contribution is 6.05. The second kappa shape index (κ2) is 10.8. The lowest BCUT2D eigenvalue weighted by Gasteiger charge is -2.29. The van der Waals surface area contributed by atoms with Gasteiger partial charge in [0.1, 0.15) is 6.04 Å². The Hall–Kier alpha value is -4.40. The van der Waals surface area contributed by atoms with Crippen molar-refractivity contribution in [3.8, 4) is 11.3 Å². The summed E-state index contributed by atoms with van der Waals surface area (Å²) >= 11 is 0. The van der Waals surface area contributed by atoms with Gasteiger partial charge in [0.2, 0.25) is 11.8 Å². The van der Waals surface area contributed by atoms with Crippen LogP contribution in [0, 0.1) is 0 Å². The molecule has 9 heteroatoms. The van der Waals surface area contributed by atoms with E-state index in [1.165, 1.54) is 5.56 Å². The molecule has 0 radical (unpaired) electrons. The molecule has 2 aromatic heterocycles. The molecule has 1 N–H and O–H groups in total. The maximum Gasteiger partial charge on any atom is 0.255 e. The van der Waals surface area contributed by atoms with E-state index in [4.69, 9.17) is 4.98 Å². The monoisotopic (exact) mass is 522 g/mol. The lowest BCUT2D eigenvalue weighted by atomic mass is 10.0. The SMILES string of the molecule is O=C1CCC(N2Cc3cc(CCCCCCn4cc(-c5cnc6ccccc6n5)cn4)ccc3C2=O)C(=O)N1. The topological polar surface area (TPSA) is 110 Å². The highest BCUT2D eigenvalue weighted by Gasteiger charge is 2.39. The van der Waals surface area contributed by atoms with E-state index in [0.717, 1.165) is 66.5 Å². The van der Waals surface area contributed by atoms with E-state index in [2.05, 4.69) is 21.5 Å². The molecule has 0 spiro atoms. The minimum absolute atomic E-state index is 0.125. The van der Waals surface area contributed by atoms with Gasteiger partial charge in [0.15, 0.2) is 0 Å². The Balaban J connectivity index is 0.956. The Morgan fingerprint density at radius 2 is 1.79 bits per heavy atom. The molecular weight excluding hydrogens is 492 g/mol. The van der Waals surface area contributed by atoms with Gasteiger partial charge in [-0.2, -0.15) is 5.10 Å². The van der Waals surface area contributed by atoms with Crippen LogP contribution < -0.4 is 5.32 Å². The van der Waals surface area contributed by atoms with Crippen LogP contribution in [0.15, 0.2) is 61.1 Å². The number of aryl methyl sites for hydroxylation is 2. The van der Waals surface area contributed by atoms with Crippen LogP contribution in [-0.4, -0.2) is 48.4 Å². The van der Waals surface area contributed by atoms with E-state index in [0.29, 0.717) is 18.5 Å². The number of nitrogens with zero attached hydrogens (tertiary/aromatic N) is 5. The molecule has 6 rings (SSSR count). The Labute approximate surface area is 226 Å². The van der Waals surface area contributed by atoms with Crippen LogP contribution in [0.25, 0.3) is 22.3 Å². The molecule has 0 saturated carbocycles. The van der Waals surface area contributed by atoms with Crippen LogP contribution in [0.5, 0.6) is 0 Å². The van der Waals surface area contributed by atoms with Crippen LogP contribution in [0.4, 0.5) is 0 Å². The molecule has 4 heterocycles. The fourth-order valence-electron chi connectivity index (χ4n) is 5.45. The number of imide groups is 1.